The summed E-state index contributed by atoms with van der Waals surface area (Å²) in [6, 6.07) is 13.9. The molecule has 0 saturated heterocycles. The van der Waals surface area contributed by atoms with Gasteiger partial charge in [-0.15, -0.1) is 0 Å². The molecule has 1 atom stereocenters. The van der Waals surface area contributed by atoms with Gasteiger partial charge in [0.25, 0.3) is 0 Å². The van der Waals surface area contributed by atoms with Gasteiger partial charge < -0.3 is 0 Å². The lowest BCUT2D eigenvalue weighted by Crippen LogP contribution is -2.29. The van der Waals surface area contributed by atoms with E-state index in [1.165, 1.54) is 0 Å². The standard InChI is InChI=1S/C17H16ClN3/c1-11-4-2-7-15(16(11)18)17(21-19)14-6-3-5-12-10-20-9-8-13(12)14/h2-10,17,21H,19H2,1H3. The minimum absolute atomic E-state index is 0.163. The summed E-state index contributed by atoms with van der Waals surface area (Å²) in [5.74, 6) is 5.82. The van der Waals surface area contributed by atoms with Gasteiger partial charge in [0.15, 0.2) is 0 Å². The van der Waals surface area contributed by atoms with Gasteiger partial charge in [-0.25, -0.2) is 5.43 Å². The van der Waals surface area contributed by atoms with Crippen molar-refractivity contribution >= 4 is 22.4 Å². The molecule has 0 fully saturated rings. The maximum absolute atomic E-state index is 6.46. The van der Waals surface area contributed by atoms with E-state index in [0.29, 0.717) is 0 Å². The molecule has 0 aliphatic rings. The lowest BCUT2D eigenvalue weighted by atomic mass is 9.94. The van der Waals surface area contributed by atoms with Gasteiger partial charge in [-0.05, 0) is 35.1 Å². The van der Waals surface area contributed by atoms with Crippen LogP contribution < -0.4 is 11.3 Å². The van der Waals surface area contributed by atoms with Crippen LogP contribution in [-0.4, -0.2) is 4.98 Å². The number of aromatic nitrogens is 1. The van der Waals surface area contributed by atoms with E-state index in [0.717, 1.165) is 32.5 Å². The highest BCUT2D eigenvalue weighted by atomic mass is 35.5. The highest BCUT2D eigenvalue weighted by molar-refractivity contribution is 6.32. The molecular weight excluding hydrogens is 282 g/mol. The van der Waals surface area contributed by atoms with Gasteiger partial charge in [0.2, 0.25) is 0 Å². The van der Waals surface area contributed by atoms with Crippen LogP contribution >= 0.6 is 11.6 Å². The predicted molar refractivity (Wildman–Crippen MR) is 87.1 cm³/mol. The van der Waals surface area contributed by atoms with Gasteiger partial charge >= 0.3 is 0 Å². The largest absolute Gasteiger partial charge is 0.271 e. The summed E-state index contributed by atoms with van der Waals surface area (Å²) in [7, 11) is 0. The zero-order valence-electron chi connectivity index (χ0n) is 11.7. The number of pyridine rings is 1. The molecule has 4 heteroatoms. The first kappa shape index (κ1) is 14.0. The average Bonchev–Trinajstić information content (AvgIpc) is 2.52. The van der Waals surface area contributed by atoms with Gasteiger partial charge in [0.1, 0.15) is 0 Å². The van der Waals surface area contributed by atoms with Crippen LogP contribution in [0.15, 0.2) is 54.9 Å². The Morgan fingerprint density at radius 2 is 1.86 bits per heavy atom. The van der Waals surface area contributed by atoms with Crippen LogP contribution in [0.4, 0.5) is 0 Å². The van der Waals surface area contributed by atoms with Gasteiger partial charge in [0.05, 0.1) is 6.04 Å². The summed E-state index contributed by atoms with van der Waals surface area (Å²) in [6.45, 7) is 1.99. The molecule has 0 amide bonds. The Kier molecular flexibility index (Phi) is 3.88. The van der Waals surface area contributed by atoms with Crippen LogP contribution in [0.25, 0.3) is 10.8 Å². The monoisotopic (exact) mass is 297 g/mol. The Hall–Kier alpha value is -1.94. The third kappa shape index (κ3) is 2.51. The Labute approximate surface area is 128 Å². The first-order valence-corrected chi connectivity index (χ1v) is 7.14. The lowest BCUT2D eigenvalue weighted by Gasteiger charge is -2.20. The van der Waals surface area contributed by atoms with Gasteiger partial charge in [0, 0.05) is 22.8 Å². The van der Waals surface area contributed by atoms with Crippen LogP contribution in [0.2, 0.25) is 5.02 Å². The molecule has 0 spiro atoms. The van der Waals surface area contributed by atoms with Crippen molar-refractivity contribution in [1.29, 1.82) is 0 Å². The molecular formula is C17H16ClN3. The summed E-state index contributed by atoms with van der Waals surface area (Å²) in [5, 5.41) is 2.94. The van der Waals surface area contributed by atoms with Crippen LogP contribution in [0.1, 0.15) is 22.7 Å². The maximum Gasteiger partial charge on any atom is 0.0730 e. The molecule has 3 N–H and O–H groups in total. The van der Waals surface area contributed by atoms with Crippen molar-refractivity contribution in [3.63, 3.8) is 0 Å². The first-order valence-electron chi connectivity index (χ1n) is 6.76. The third-order valence-corrected chi connectivity index (χ3v) is 4.24. The van der Waals surface area contributed by atoms with Gasteiger partial charge in [-0.3, -0.25) is 10.8 Å². The number of nitrogens with one attached hydrogen (secondary N) is 1. The van der Waals surface area contributed by atoms with E-state index in [9.17, 15) is 0 Å². The second-order valence-electron chi connectivity index (χ2n) is 5.02. The van der Waals surface area contributed by atoms with Crippen LogP contribution in [0, 0.1) is 6.92 Å². The van der Waals surface area contributed by atoms with E-state index in [1.54, 1.807) is 6.20 Å². The fourth-order valence-corrected chi connectivity index (χ4v) is 2.87. The molecule has 2 aromatic carbocycles. The average molecular weight is 298 g/mol. The molecule has 1 heterocycles. The third-order valence-electron chi connectivity index (χ3n) is 3.72. The molecule has 106 valence electrons. The molecule has 0 aliphatic heterocycles. The highest BCUT2D eigenvalue weighted by Crippen LogP contribution is 2.33. The van der Waals surface area contributed by atoms with Crippen molar-refractivity contribution in [2.45, 2.75) is 13.0 Å². The number of benzene rings is 2. The number of hydrazine groups is 1. The molecule has 3 nitrogen and oxygen atoms in total. The molecule has 3 rings (SSSR count). The number of halogens is 1. The topological polar surface area (TPSA) is 50.9 Å². The van der Waals surface area contributed by atoms with Crippen molar-refractivity contribution in [2.24, 2.45) is 5.84 Å². The quantitative estimate of drug-likeness (QED) is 0.572. The molecule has 0 radical (unpaired) electrons. The fraction of sp³-hybridized carbons (Fsp3) is 0.118. The molecule has 0 bridgehead atoms. The summed E-state index contributed by atoms with van der Waals surface area (Å²) in [5.41, 5.74) is 5.99. The second kappa shape index (κ2) is 5.82. The second-order valence-corrected chi connectivity index (χ2v) is 5.40. The molecule has 3 aromatic rings. The summed E-state index contributed by atoms with van der Waals surface area (Å²) >= 11 is 6.46. The normalized spacial score (nSPS) is 12.5. The Morgan fingerprint density at radius 3 is 2.67 bits per heavy atom. The number of aryl methyl sites for hydroxylation is 1. The number of hydrogen-bond acceptors (Lipinski definition) is 3. The van der Waals surface area contributed by atoms with Gasteiger partial charge in [-0.1, -0.05) is 48.0 Å². The number of hydrogen-bond donors (Lipinski definition) is 2. The molecule has 0 saturated carbocycles. The number of rotatable bonds is 3. The zero-order chi connectivity index (χ0) is 14.8. The van der Waals surface area contributed by atoms with Crippen molar-refractivity contribution in [3.8, 4) is 0 Å². The van der Waals surface area contributed by atoms with E-state index >= 15 is 0 Å². The van der Waals surface area contributed by atoms with Crippen molar-refractivity contribution in [2.75, 3.05) is 0 Å². The first-order chi connectivity index (χ1) is 10.2. The van der Waals surface area contributed by atoms with E-state index in [4.69, 9.17) is 17.4 Å². The molecule has 1 aromatic heterocycles. The minimum atomic E-state index is -0.163. The molecule has 0 aliphatic carbocycles. The number of nitrogens with zero attached hydrogens (tertiary/aromatic N) is 1. The Balaban J connectivity index is 2.21. The minimum Gasteiger partial charge on any atom is -0.271 e. The Morgan fingerprint density at radius 1 is 1.10 bits per heavy atom. The number of nitrogens with two attached hydrogens (primary N) is 1. The summed E-state index contributed by atoms with van der Waals surface area (Å²) < 4.78 is 0. The molecule has 1 unspecified atom stereocenters. The van der Waals surface area contributed by atoms with Crippen molar-refractivity contribution in [3.05, 3.63) is 76.6 Å². The van der Waals surface area contributed by atoms with Crippen LogP contribution in [0.5, 0.6) is 0 Å². The highest BCUT2D eigenvalue weighted by Gasteiger charge is 2.18. The van der Waals surface area contributed by atoms with E-state index in [2.05, 4.69) is 16.5 Å². The van der Waals surface area contributed by atoms with E-state index in [-0.39, 0.29) is 6.04 Å². The SMILES string of the molecule is Cc1cccc(C(NN)c2cccc3cnccc23)c1Cl. The summed E-state index contributed by atoms with van der Waals surface area (Å²) in [6.07, 6.45) is 3.64. The van der Waals surface area contributed by atoms with Crippen LogP contribution in [0.3, 0.4) is 0 Å². The fourth-order valence-electron chi connectivity index (χ4n) is 2.64. The van der Waals surface area contributed by atoms with Crippen molar-refractivity contribution in [1.82, 2.24) is 10.4 Å². The maximum atomic E-state index is 6.46. The van der Waals surface area contributed by atoms with Gasteiger partial charge in [-0.2, -0.15) is 0 Å². The predicted octanol–water partition coefficient (Wildman–Crippen LogP) is 3.75. The van der Waals surface area contributed by atoms with Crippen molar-refractivity contribution < 1.29 is 0 Å². The van der Waals surface area contributed by atoms with Crippen LogP contribution in [-0.2, 0) is 0 Å². The smallest absolute Gasteiger partial charge is 0.0730 e. The van der Waals surface area contributed by atoms with E-state index in [1.807, 2.05) is 49.5 Å². The number of fused-ring (bicyclic) bond motifs is 1. The lowest BCUT2D eigenvalue weighted by molar-refractivity contribution is 0.640. The van der Waals surface area contributed by atoms with E-state index < -0.39 is 0 Å². The summed E-state index contributed by atoms with van der Waals surface area (Å²) in [4.78, 5) is 4.17. The molecule has 21 heavy (non-hydrogen) atoms. The Bertz CT molecular complexity index is 781. The zero-order valence-corrected chi connectivity index (χ0v) is 12.4.